The normalized spacial score (nSPS) is 32.6. The minimum Gasteiger partial charge on any atom is -0.381 e. The standard InChI is InChI=1S/C13H25NO2/c1-3-6-14-7-4-11(5-8-14)16-13-9-12(10-13)15-2/h11-13H,3-10H2,1-2H3. The molecule has 2 aliphatic rings. The highest BCUT2D eigenvalue weighted by Crippen LogP contribution is 2.28. The van der Waals surface area contributed by atoms with Gasteiger partial charge in [0.05, 0.1) is 18.3 Å². The lowest BCUT2D eigenvalue weighted by atomic mass is 9.91. The van der Waals surface area contributed by atoms with Crippen LogP contribution in [0.1, 0.15) is 39.0 Å². The van der Waals surface area contributed by atoms with Crippen LogP contribution in [0.2, 0.25) is 0 Å². The molecule has 1 saturated carbocycles. The van der Waals surface area contributed by atoms with Crippen molar-refractivity contribution in [2.24, 2.45) is 0 Å². The van der Waals surface area contributed by atoms with Crippen LogP contribution < -0.4 is 0 Å². The van der Waals surface area contributed by atoms with Crippen LogP contribution in [0, 0.1) is 0 Å². The molecule has 0 amide bonds. The molecule has 2 fully saturated rings. The fraction of sp³-hybridized carbons (Fsp3) is 1.00. The van der Waals surface area contributed by atoms with Gasteiger partial charge in [0.25, 0.3) is 0 Å². The number of likely N-dealkylation sites (tertiary alicyclic amines) is 1. The Hall–Kier alpha value is -0.120. The molecule has 0 aromatic carbocycles. The number of methoxy groups -OCH3 is 1. The van der Waals surface area contributed by atoms with Gasteiger partial charge in [-0.2, -0.15) is 0 Å². The van der Waals surface area contributed by atoms with E-state index in [2.05, 4.69) is 11.8 Å². The Bertz CT molecular complexity index is 196. The quantitative estimate of drug-likeness (QED) is 0.717. The van der Waals surface area contributed by atoms with E-state index in [1.165, 1.54) is 38.9 Å². The predicted octanol–water partition coefficient (Wildman–Crippen LogP) is 2.05. The van der Waals surface area contributed by atoms with E-state index < -0.39 is 0 Å². The second kappa shape index (κ2) is 5.99. The van der Waals surface area contributed by atoms with E-state index in [0.29, 0.717) is 18.3 Å². The van der Waals surface area contributed by atoms with E-state index in [-0.39, 0.29) is 0 Å². The summed E-state index contributed by atoms with van der Waals surface area (Å²) in [6.45, 7) is 5.95. The molecule has 0 N–H and O–H groups in total. The Morgan fingerprint density at radius 3 is 2.31 bits per heavy atom. The van der Waals surface area contributed by atoms with Crippen LogP contribution in [0.25, 0.3) is 0 Å². The van der Waals surface area contributed by atoms with E-state index in [1.54, 1.807) is 7.11 Å². The molecule has 1 heterocycles. The summed E-state index contributed by atoms with van der Waals surface area (Å²) in [7, 11) is 1.80. The molecule has 1 aliphatic carbocycles. The van der Waals surface area contributed by atoms with E-state index in [4.69, 9.17) is 9.47 Å². The first-order valence-electron chi connectivity index (χ1n) is 6.72. The molecule has 0 atom stereocenters. The second-order valence-corrected chi connectivity index (χ2v) is 5.13. The van der Waals surface area contributed by atoms with Gasteiger partial charge in [0.15, 0.2) is 0 Å². The summed E-state index contributed by atoms with van der Waals surface area (Å²) in [4.78, 5) is 2.55. The smallest absolute Gasteiger partial charge is 0.0628 e. The lowest BCUT2D eigenvalue weighted by Crippen LogP contribution is -2.43. The Labute approximate surface area is 99.1 Å². The average molecular weight is 227 g/mol. The van der Waals surface area contributed by atoms with Gasteiger partial charge in [-0.1, -0.05) is 6.92 Å². The zero-order valence-electron chi connectivity index (χ0n) is 10.7. The largest absolute Gasteiger partial charge is 0.381 e. The number of ether oxygens (including phenoxy) is 2. The molecule has 0 spiro atoms. The first-order valence-corrected chi connectivity index (χ1v) is 6.72. The molecule has 1 aliphatic heterocycles. The molecule has 3 nitrogen and oxygen atoms in total. The molecule has 3 heteroatoms. The fourth-order valence-electron chi connectivity index (χ4n) is 2.68. The maximum Gasteiger partial charge on any atom is 0.0628 e. The van der Waals surface area contributed by atoms with Gasteiger partial charge in [0.2, 0.25) is 0 Å². The zero-order valence-corrected chi connectivity index (χ0v) is 10.7. The minimum atomic E-state index is 0.463. The van der Waals surface area contributed by atoms with Crippen molar-refractivity contribution in [2.45, 2.75) is 57.3 Å². The van der Waals surface area contributed by atoms with Crippen molar-refractivity contribution < 1.29 is 9.47 Å². The summed E-state index contributed by atoms with van der Waals surface area (Å²) in [6, 6.07) is 0. The summed E-state index contributed by atoms with van der Waals surface area (Å²) in [5.74, 6) is 0. The zero-order chi connectivity index (χ0) is 11.4. The first kappa shape index (κ1) is 12.3. The van der Waals surface area contributed by atoms with Gasteiger partial charge in [-0.25, -0.2) is 0 Å². The second-order valence-electron chi connectivity index (χ2n) is 5.13. The molecule has 0 radical (unpaired) electrons. The summed E-state index contributed by atoms with van der Waals surface area (Å²) in [5, 5.41) is 0. The summed E-state index contributed by atoms with van der Waals surface area (Å²) in [5.41, 5.74) is 0. The van der Waals surface area contributed by atoms with Crippen LogP contribution in [0.15, 0.2) is 0 Å². The first-order chi connectivity index (χ1) is 7.81. The monoisotopic (exact) mass is 227 g/mol. The highest BCUT2D eigenvalue weighted by molar-refractivity contribution is 4.83. The number of piperidine rings is 1. The molecule has 0 unspecified atom stereocenters. The topological polar surface area (TPSA) is 21.7 Å². The van der Waals surface area contributed by atoms with Gasteiger partial charge in [0.1, 0.15) is 0 Å². The highest BCUT2D eigenvalue weighted by atomic mass is 16.5. The maximum atomic E-state index is 6.08. The van der Waals surface area contributed by atoms with Crippen LogP contribution in [0.5, 0.6) is 0 Å². The van der Waals surface area contributed by atoms with Crippen LogP contribution in [-0.4, -0.2) is 50.0 Å². The molecule has 1 saturated heterocycles. The molecular weight excluding hydrogens is 202 g/mol. The Kier molecular flexibility index (Phi) is 4.62. The third-order valence-electron chi connectivity index (χ3n) is 3.84. The lowest BCUT2D eigenvalue weighted by molar-refractivity contribution is -0.126. The maximum absolute atomic E-state index is 6.08. The fourth-order valence-corrected chi connectivity index (χ4v) is 2.68. The highest BCUT2D eigenvalue weighted by Gasteiger charge is 2.32. The van der Waals surface area contributed by atoms with Crippen LogP contribution in [0.3, 0.4) is 0 Å². The van der Waals surface area contributed by atoms with Crippen molar-refractivity contribution in [3.8, 4) is 0 Å². The van der Waals surface area contributed by atoms with Gasteiger partial charge in [-0.05, 0) is 38.6 Å². The van der Waals surface area contributed by atoms with Gasteiger partial charge in [-0.3, -0.25) is 0 Å². The van der Waals surface area contributed by atoms with Crippen molar-refractivity contribution in [1.82, 2.24) is 4.90 Å². The van der Waals surface area contributed by atoms with Gasteiger partial charge >= 0.3 is 0 Å². The molecule has 0 bridgehead atoms. The Morgan fingerprint density at radius 2 is 1.75 bits per heavy atom. The third-order valence-corrected chi connectivity index (χ3v) is 3.84. The Morgan fingerprint density at radius 1 is 1.06 bits per heavy atom. The molecular formula is C13H25NO2. The van der Waals surface area contributed by atoms with E-state index in [1.807, 2.05) is 0 Å². The summed E-state index contributed by atoms with van der Waals surface area (Å²) in [6.07, 6.45) is 7.36. The lowest BCUT2D eigenvalue weighted by Gasteiger charge is -2.39. The number of nitrogens with zero attached hydrogens (tertiary/aromatic N) is 1. The van der Waals surface area contributed by atoms with Crippen molar-refractivity contribution in [3.63, 3.8) is 0 Å². The molecule has 0 aromatic heterocycles. The van der Waals surface area contributed by atoms with Crippen LogP contribution in [0.4, 0.5) is 0 Å². The SMILES string of the molecule is CCCN1CCC(OC2CC(OC)C2)CC1. The van der Waals surface area contributed by atoms with Crippen molar-refractivity contribution in [3.05, 3.63) is 0 Å². The van der Waals surface area contributed by atoms with Crippen LogP contribution in [-0.2, 0) is 9.47 Å². The molecule has 2 rings (SSSR count). The predicted molar refractivity (Wildman–Crippen MR) is 64.7 cm³/mol. The van der Waals surface area contributed by atoms with Gasteiger partial charge in [-0.15, -0.1) is 0 Å². The van der Waals surface area contributed by atoms with E-state index >= 15 is 0 Å². The number of hydrogen-bond acceptors (Lipinski definition) is 3. The van der Waals surface area contributed by atoms with Crippen molar-refractivity contribution in [2.75, 3.05) is 26.7 Å². The van der Waals surface area contributed by atoms with E-state index in [0.717, 1.165) is 12.8 Å². The third kappa shape index (κ3) is 3.19. The van der Waals surface area contributed by atoms with Crippen molar-refractivity contribution in [1.29, 1.82) is 0 Å². The average Bonchev–Trinajstić information content (AvgIpc) is 2.25. The molecule has 0 aromatic rings. The molecule has 16 heavy (non-hydrogen) atoms. The van der Waals surface area contributed by atoms with Gasteiger partial charge < -0.3 is 14.4 Å². The van der Waals surface area contributed by atoms with Gasteiger partial charge in [0, 0.05) is 20.2 Å². The number of rotatable bonds is 5. The molecule has 94 valence electrons. The summed E-state index contributed by atoms with van der Waals surface area (Å²) >= 11 is 0. The minimum absolute atomic E-state index is 0.463. The number of hydrogen-bond donors (Lipinski definition) is 0. The summed E-state index contributed by atoms with van der Waals surface area (Å²) < 4.78 is 11.3. The Balaban J connectivity index is 1.59. The van der Waals surface area contributed by atoms with Crippen molar-refractivity contribution >= 4 is 0 Å². The van der Waals surface area contributed by atoms with E-state index in [9.17, 15) is 0 Å². The van der Waals surface area contributed by atoms with Crippen LogP contribution >= 0.6 is 0 Å².